The predicted molar refractivity (Wildman–Crippen MR) is 126 cm³/mol. The van der Waals surface area contributed by atoms with E-state index in [0.717, 1.165) is 0 Å². The maximum Gasteiger partial charge on any atom is 0.326 e. The molecular formula is C20H40N8O6. The average molecular weight is 489 g/mol. The number of nitrogens with two attached hydrogens (primary N) is 4. The Kier molecular flexibility index (Phi) is 15.2. The molecule has 0 aromatic heterocycles. The van der Waals surface area contributed by atoms with Gasteiger partial charge in [0, 0.05) is 6.54 Å². The van der Waals surface area contributed by atoms with E-state index in [4.69, 9.17) is 28.0 Å². The first kappa shape index (κ1) is 31.0. The van der Waals surface area contributed by atoms with Gasteiger partial charge in [-0.2, -0.15) is 0 Å². The van der Waals surface area contributed by atoms with Crippen LogP contribution in [0.15, 0.2) is 4.99 Å². The Hall–Kier alpha value is -2.97. The van der Waals surface area contributed by atoms with Gasteiger partial charge in [-0.15, -0.1) is 0 Å². The molecule has 0 saturated carbocycles. The van der Waals surface area contributed by atoms with Crippen molar-refractivity contribution in [2.24, 2.45) is 33.8 Å². The molecule has 0 spiro atoms. The van der Waals surface area contributed by atoms with Gasteiger partial charge in [0.25, 0.3) is 0 Å². The summed E-state index contributed by atoms with van der Waals surface area (Å²) in [7, 11) is 0. The lowest BCUT2D eigenvalue weighted by Gasteiger charge is -2.27. The molecule has 0 bridgehead atoms. The molecule has 0 heterocycles. The number of amides is 3. The molecule has 3 amide bonds. The van der Waals surface area contributed by atoms with Crippen LogP contribution in [0.5, 0.6) is 0 Å². The van der Waals surface area contributed by atoms with Crippen LogP contribution in [0.4, 0.5) is 0 Å². The van der Waals surface area contributed by atoms with E-state index >= 15 is 0 Å². The number of hydrogen-bond acceptors (Lipinski definition) is 8. The van der Waals surface area contributed by atoms with E-state index in [2.05, 4.69) is 20.9 Å². The number of guanidine groups is 1. The van der Waals surface area contributed by atoms with Gasteiger partial charge in [-0.1, -0.05) is 13.8 Å². The maximum atomic E-state index is 12.9. The summed E-state index contributed by atoms with van der Waals surface area (Å²) in [6, 6.07) is -4.49. The molecule has 4 unspecified atom stereocenters. The number of rotatable bonds is 17. The lowest BCUT2D eigenvalue weighted by Crippen LogP contribution is -2.58. The molecule has 0 saturated heterocycles. The highest BCUT2D eigenvalue weighted by Gasteiger charge is 2.31. The fourth-order valence-electron chi connectivity index (χ4n) is 2.93. The third kappa shape index (κ3) is 12.3. The first-order chi connectivity index (χ1) is 15.9. The SMILES string of the molecule is CC(C)C(NC(=O)C(N)CO)C(=O)NC(CCCCN)C(=O)NC(CCCN=C(N)N)C(=O)O. The first-order valence-electron chi connectivity index (χ1n) is 11.2. The summed E-state index contributed by atoms with van der Waals surface area (Å²) in [4.78, 5) is 53.2. The van der Waals surface area contributed by atoms with E-state index in [1.165, 1.54) is 0 Å². The molecule has 0 aromatic rings. The largest absolute Gasteiger partial charge is 0.480 e. The zero-order chi connectivity index (χ0) is 26.3. The van der Waals surface area contributed by atoms with Gasteiger partial charge in [-0.05, 0) is 44.6 Å². The number of carboxylic acids is 1. The third-order valence-corrected chi connectivity index (χ3v) is 4.92. The van der Waals surface area contributed by atoms with Crippen molar-refractivity contribution in [2.75, 3.05) is 19.7 Å². The molecule has 14 nitrogen and oxygen atoms in total. The Morgan fingerprint density at radius 1 is 0.882 bits per heavy atom. The van der Waals surface area contributed by atoms with E-state index in [-0.39, 0.29) is 31.3 Å². The Labute approximate surface area is 199 Å². The van der Waals surface area contributed by atoms with E-state index < -0.39 is 54.5 Å². The molecule has 4 atom stereocenters. The van der Waals surface area contributed by atoms with Crippen LogP contribution in [0.3, 0.4) is 0 Å². The number of aliphatic hydroxyl groups excluding tert-OH is 1. The van der Waals surface area contributed by atoms with E-state index in [9.17, 15) is 24.3 Å². The van der Waals surface area contributed by atoms with E-state index in [0.29, 0.717) is 25.8 Å². The average Bonchev–Trinajstić information content (AvgIpc) is 2.77. The molecule has 0 aliphatic rings. The zero-order valence-electron chi connectivity index (χ0n) is 19.8. The van der Waals surface area contributed by atoms with Crippen LogP contribution in [0.25, 0.3) is 0 Å². The molecule has 0 aromatic carbocycles. The summed E-state index contributed by atoms with van der Waals surface area (Å²) in [6.45, 7) is 3.37. The van der Waals surface area contributed by atoms with Crippen molar-refractivity contribution in [3.05, 3.63) is 0 Å². The highest BCUT2D eigenvalue weighted by Crippen LogP contribution is 2.08. The molecule has 34 heavy (non-hydrogen) atoms. The van der Waals surface area contributed by atoms with Gasteiger partial charge in [0.1, 0.15) is 24.2 Å². The maximum absolute atomic E-state index is 12.9. The highest BCUT2D eigenvalue weighted by atomic mass is 16.4. The van der Waals surface area contributed by atoms with Crippen LogP contribution < -0.4 is 38.9 Å². The summed E-state index contributed by atoms with van der Waals surface area (Å²) >= 11 is 0. The second kappa shape index (κ2) is 16.6. The van der Waals surface area contributed by atoms with Crippen molar-refractivity contribution in [3.8, 4) is 0 Å². The topological polar surface area (TPSA) is 261 Å². The summed E-state index contributed by atoms with van der Waals surface area (Å²) in [6.07, 6.45) is 1.70. The van der Waals surface area contributed by atoms with Crippen LogP contribution in [-0.4, -0.2) is 83.7 Å². The van der Waals surface area contributed by atoms with Gasteiger partial charge in [0.2, 0.25) is 17.7 Å². The van der Waals surface area contributed by atoms with Crippen LogP contribution in [0, 0.1) is 5.92 Å². The molecule has 0 rings (SSSR count). The minimum atomic E-state index is -1.24. The molecule has 14 heteroatoms. The van der Waals surface area contributed by atoms with Gasteiger partial charge in [-0.25, -0.2) is 4.79 Å². The first-order valence-corrected chi connectivity index (χ1v) is 11.2. The summed E-state index contributed by atoms with van der Waals surface area (Å²) in [5.74, 6) is -3.75. The third-order valence-electron chi connectivity index (χ3n) is 4.92. The van der Waals surface area contributed by atoms with Crippen LogP contribution in [-0.2, 0) is 19.2 Å². The number of carbonyl (C=O) groups excluding carboxylic acids is 3. The van der Waals surface area contributed by atoms with Gasteiger partial charge >= 0.3 is 5.97 Å². The van der Waals surface area contributed by atoms with Crippen molar-refractivity contribution in [2.45, 2.75) is 70.1 Å². The Balaban J connectivity index is 5.37. The number of hydrogen-bond donors (Lipinski definition) is 9. The molecule has 0 aliphatic heterocycles. The summed E-state index contributed by atoms with van der Waals surface area (Å²) in [5.41, 5.74) is 21.5. The number of unbranched alkanes of at least 4 members (excludes halogenated alkanes) is 1. The molecular weight excluding hydrogens is 448 g/mol. The number of nitrogens with zero attached hydrogens (tertiary/aromatic N) is 1. The number of aliphatic hydroxyl groups is 1. The highest BCUT2D eigenvalue weighted by molar-refractivity contribution is 5.94. The van der Waals surface area contributed by atoms with Crippen LogP contribution in [0.2, 0.25) is 0 Å². The predicted octanol–water partition coefficient (Wildman–Crippen LogP) is -3.32. The van der Waals surface area contributed by atoms with Crippen molar-refractivity contribution in [1.82, 2.24) is 16.0 Å². The van der Waals surface area contributed by atoms with Crippen molar-refractivity contribution < 1.29 is 29.4 Å². The number of nitrogens with one attached hydrogen (secondary N) is 3. The van der Waals surface area contributed by atoms with Crippen molar-refractivity contribution >= 4 is 29.7 Å². The number of aliphatic carboxylic acids is 1. The second-order valence-corrected chi connectivity index (χ2v) is 8.21. The standard InChI is InChI=1S/C20H40N8O6/c1-11(2)15(28-16(30)12(22)10-29)18(32)26-13(6-3-4-8-21)17(31)27-14(19(33)34)7-5-9-25-20(23)24/h11-15,29H,3-10,21-22H2,1-2H3,(H,26,32)(H,27,31)(H,28,30)(H,33,34)(H4,23,24,25). The lowest BCUT2D eigenvalue weighted by molar-refractivity contribution is -0.142. The smallest absolute Gasteiger partial charge is 0.326 e. The Bertz CT molecular complexity index is 699. The fraction of sp³-hybridized carbons (Fsp3) is 0.750. The number of carbonyl (C=O) groups is 4. The van der Waals surface area contributed by atoms with Gasteiger partial charge < -0.3 is 49.1 Å². The van der Waals surface area contributed by atoms with Crippen molar-refractivity contribution in [1.29, 1.82) is 0 Å². The molecule has 196 valence electrons. The van der Waals surface area contributed by atoms with E-state index in [1.54, 1.807) is 13.8 Å². The second-order valence-electron chi connectivity index (χ2n) is 8.21. The minimum absolute atomic E-state index is 0.0744. The monoisotopic (exact) mass is 488 g/mol. The Morgan fingerprint density at radius 3 is 1.97 bits per heavy atom. The summed E-state index contributed by atoms with van der Waals surface area (Å²) < 4.78 is 0. The normalized spacial score (nSPS) is 14.4. The minimum Gasteiger partial charge on any atom is -0.480 e. The lowest BCUT2D eigenvalue weighted by atomic mass is 10.0. The van der Waals surface area contributed by atoms with Gasteiger partial charge in [0.05, 0.1) is 6.61 Å². The Morgan fingerprint density at radius 2 is 1.47 bits per heavy atom. The molecule has 0 fully saturated rings. The molecule has 0 aliphatic carbocycles. The summed E-state index contributed by atoms with van der Waals surface area (Å²) in [5, 5.41) is 26.0. The van der Waals surface area contributed by atoms with Gasteiger partial charge in [-0.3, -0.25) is 19.4 Å². The van der Waals surface area contributed by atoms with Crippen molar-refractivity contribution in [3.63, 3.8) is 0 Å². The van der Waals surface area contributed by atoms with Crippen LogP contribution >= 0.6 is 0 Å². The number of aliphatic imine (C=N–C) groups is 1. The van der Waals surface area contributed by atoms with Gasteiger partial charge in [0.15, 0.2) is 5.96 Å². The fourth-order valence-corrected chi connectivity index (χ4v) is 2.93. The molecule has 0 radical (unpaired) electrons. The van der Waals surface area contributed by atoms with E-state index in [1.807, 2.05) is 0 Å². The number of carboxylic acid groups (broad SMARTS) is 1. The zero-order valence-corrected chi connectivity index (χ0v) is 19.8. The molecule has 13 N–H and O–H groups in total. The quantitative estimate of drug-likeness (QED) is 0.0558. The van der Waals surface area contributed by atoms with Crippen LogP contribution in [0.1, 0.15) is 46.0 Å².